The van der Waals surface area contributed by atoms with Gasteiger partial charge in [-0.1, -0.05) is 34.1 Å². The minimum absolute atomic E-state index is 0.950. The first kappa shape index (κ1) is 16.2. The van der Waals surface area contributed by atoms with Gasteiger partial charge in [0.15, 0.2) is 0 Å². The molecule has 1 saturated heterocycles. The molecule has 0 N–H and O–H groups in total. The van der Waals surface area contributed by atoms with Gasteiger partial charge in [0.05, 0.1) is 0 Å². The number of piperazine rings is 1. The zero-order chi connectivity index (χ0) is 16.2. The van der Waals surface area contributed by atoms with Gasteiger partial charge in [-0.05, 0) is 11.6 Å². The van der Waals surface area contributed by atoms with E-state index in [1.54, 1.807) is 6.33 Å². The number of anilines is 2. The SMILES string of the molecule is CN(C)c1cc(N2CCN(Cc3ccccc3Br)CC2)ncn1. The quantitative estimate of drug-likeness (QED) is 0.820. The van der Waals surface area contributed by atoms with Crippen LogP contribution in [0.5, 0.6) is 0 Å². The van der Waals surface area contributed by atoms with Crippen molar-refractivity contribution >= 4 is 27.6 Å². The summed E-state index contributed by atoms with van der Waals surface area (Å²) in [7, 11) is 4.00. The Kier molecular flexibility index (Phi) is 5.13. The summed E-state index contributed by atoms with van der Waals surface area (Å²) in [6.07, 6.45) is 1.65. The monoisotopic (exact) mass is 375 g/mol. The second-order valence-electron chi connectivity index (χ2n) is 5.98. The molecular formula is C17H22BrN5. The number of hydrogen-bond donors (Lipinski definition) is 0. The number of hydrogen-bond acceptors (Lipinski definition) is 5. The summed E-state index contributed by atoms with van der Waals surface area (Å²) in [6.45, 7) is 5.07. The molecule has 122 valence electrons. The molecule has 0 atom stereocenters. The molecule has 0 unspecified atom stereocenters. The van der Waals surface area contributed by atoms with Crippen LogP contribution in [0.3, 0.4) is 0 Å². The Hall–Kier alpha value is -1.66. The fourth-order valence-electron chi connectivity index (χ4n) is 2.76. The lowest BCUT2D eigenvalue weighted by Crippen LogP contribution is -2.46. The minimum Gasteiger partial charge on any atom is -0.363 e. The van der Waals surface area contributed by atoms with E-state index >= 15 is 0 Å². The molecule has 1 fully saturated rings. The number of nitrogens with zero attached hydrogens (tertiary/aromatic N) is 5. The Bertz CT molecular complexity index is 653. The van der Waals surface area contributed by atoms with E-state index in [1.165, 1.54) is 10.0 Å². The average Bonchev–Trinajstić information content (AvgIpc) is 2.58. The highest BCUT2D eigenvalue weighted by molar-refractivity contribution is 9.10. The lowest BCUT2D eigenvalue weighted by molar-refractivity contribution is 0.249. The molecular weight excluding hydrogens is 354 g/mol. The lowest BCUT2D eigenvalue weighted by atomic mass is 10.2. The summed E-state index contributed by atoms with van der Waals surface area (Å²) in [5.41, 5.74) is 1.35. The van der Waals surface area contributed by atoms with E-state index < -0.39 is 0 Å². The van der Waals surface area contributed by atoms with E-state index in [0.717, 1.165) is 44.4 Å². The van der Waals surface area contributed by atoms with Gasteiger partial charge in [0.25, 0.3) is 0 Å². The predicted octanol–water partition coefficient (Wildman–Crippen LogP) is 2.63. The van der Waals surface area contributed by atoms with Crippen molar-refractivity contribution in [2.24, 2.45) is 0 Å². The Morgan fingerprint density at radius 1 is 1.09 bits per heavy atom. The van der Waals surface area contributed by atoms with Gasteiger partial charge in [0.2, 0.25) is 0 Å². The third kappa shape index (κ3) is 4.00. The molecule has 1 aliphatic heterocycles. The Balaban J connectivity index is 1.60. The first-order valence-corrected chi connectivity index (χ1v) is 8.63. The molecule has 3 rings (SSSR count). The van der Waals surface area contributed by atoms with Crippen molar-refractivity contribution < 1.29 is 0 Å². The summed E-state index contributed by atoms with van der Waals surface area (Å²) in [4.78, 5) is 15.6. The second kappa shape index (κ2) is 7.27. The fraction of sp³-hybridized carbons (Fsp3) is 0.412. The topological polar surface area (TPSA) is 35.5 Å². The van der Waals surface area contributed by atoms with E-state index in [1.807, 2.05) is 19.0 Å². The van der Waals surface area contributed by atoms with E-state index in [4.69, 9.17) is 0 Å². The van der Waals surface area contributed by atoms with Crippen molar-refractivity contribution in [1.82, 2.24) is 14.9 Å². The van der Waals surface area contributed by atoms with Crippen LogP contribution in [0.4, 0.5) is 11.6 Å². The third-order valence-corrected chi connectivity index (χ3v) is 4.92. The van der Waals surface area contributed by atoms with Crippen molar-refractivity contribution in [3.05, 3.63) is 46.7 Å². The Morgan fingerprint density at radius 3 is 2.52 bits per heavy atom. The zero-order valence-corrected chi connectivity index (χ0v) is 15.2. The number of aromatic nitrogens is 2. The molecule has 6 heteroatoms. The molecule has 0 radical (unpaired) electrons. The van der Waals surface area contributed by atoms with Crippen LogP contribution >= 0.6 is 15.9 Å². The maximum absolute atomic E-state index is 4.43. The second-order valence-corrected chi connectivity index (χ2v) is 6.84. The highest BCUT2D eigenvalue weighted by Crippen LogP contribution is 2.21. The van der Waals surface area contributed by atoms with Gasteiger partial charge in [-0.25, -0.2) is 9.97 Å². The summed E-state index contributed by atoms with van der Waals surface area (Å²) in [6, 6.07) is 10.5. The molecule has 2 heterocycles. The number of halogens is 1. The van der Waals surface area contributed by atoms with Crippen LogP contribution in [-0.4, -0.2) is 55.1 Å². The average molecular weight is 376 g/mol. The van der Waals surface area contributed by atoms with Crippen LogP contribution in [0.15, 0.2) is 41.1 Å². The van der Waals surface area contributed by atoms with E-state index in [9.17, 15) is 0 Å². The summed E-state index contributed by atoms with van der Waals surface area (Å²) in [5, 5.41) is 0. The summed E-state index contributed by atoms with van der Waals surface area (Å²) in [5.74, 6) is 1.97. The predicted molar refractivity (Wildman–Crippen MR) is 98.0 cm³/mol. The largest absolute Gasteiger partial charge is 0.363 e. The molecule has 0 saturated carbocycles. The first-order valence-electron chi connectivity index (χ1n) is 7.83. The maximum atomic E-state index is 4.43. The minimum atomic E-state index is 0.950. The highest BCUT2D eigenvalue weighted by Gasteiger charge is 2.19. The Labute approximate surface area is 146 Å². The maximum Gasteiger partial charge on any atom is 0.134 e. The Morgan fingerprint density at radius 2 is 1.83 bits per heavy atom. The van der Waals surface area contributed by atoms with Crippen LogP contribution in [0, 0.1) is 0 Å². The van der Waals surface area contributed by atoms with Gasteiger partial charge in [0, 0.05) is 57.4 Å². The van der Waals surface area contributed by atoms with Gasteiger partial charge >= 0.3 is 0 Å². The summed E-state index contributed by atoms with van der Waals surface area (Å²) >= 11 is 3.63. The van der Waals surface area contributed by atoms with E-state index in [0.29, 0.717) is 0 Å². The highest BCUT2D eigenvalue weighted by atomic mass is 79.9. The van der Waals surface area contributed by atoms with E-state index in [-0.39, 0.29) is 0 Å². The first-order chi connectivity index (χ1) is 11.1. The van der Waals surface area contributed by atoms with Crippen molar-refractivity contribution in [2.75, 3.05) is 50.1 Å². The van der Waals surface area contributed by atoms with Crippen molar-refractivity contribution in [3.8, 4) is 0 Å². The molecule has 0 aliphatic carbocycles. The van der Waals surface area contributed by atoms with Crippen molar-refractivity contribution in [3.63, 3.8) is 0 Å². The number of benzene rings is 1. The lowest BCUT2D eigenvalue weighted by Gasteiger charge is -2.35. The normalized spacial score (nSPS) is 15.7. The van der Waals surface area contributed by atoms with Crippen molar-refractivity contribution in [2.45, 2.75) is 6.54 Å². The molecule has 0 amide bonds. The molecule has 2 aromatic rings. The van der Waals surface area contributed by atoms with Gasteiger partial charge in [-0.15, -0.1) is 0 Å². The number of rotatable bonds is 4. The van der Waals surface area contributed by atoms with Crippen LogP contribution in [0.1, 0.15) is 5.56 Å². The summed E-state index contributed by atoms with van der Waals surface area (Å²) < 4.78 is 1.19. The van der Waals surface area contributed by atoms with Crippen LogP contribution < -0.4 is 9.80 Å². The molecule has 1 aliphatic rings. The van der Waals surface area contributed by atoms with Crippen LogP contribution in [0.2, 0.25) is 0 Å². The fourth-order valence-corrected chi connectivity index (χ4v) is 3.17. The van der Waals surface area contributed by atoms with E-state index in [2.05, 4.69) is 66.0 Å². The van der Waals surface area contributed by atoms with Crippen molar-refractivity contribution in [1.29, 1.82) is 0 Å². The molecule has 5 nitrogen and oxygen atoms in total. The van der Waals surface area contributed by atoms with Gasteiger partial charge in [-0.3, -0.25) is 4.90 Å². The molecule has 0 spiro atoms. The van der Waals surface area contributed by atoms with Gasteiger partial charge in [-0.2, -0.15) is 0 Å². The standard InChI is InChI=1S/C17H22BrN5/c1-21(2)16-11-17(20-13-19-16)23-9-7-22(8-10-23)12-14-5-3-4-6-15(14)18/h3-6,11,13H,7-10,12H2,1-2H3. The van der Waals surface area contributed by atoms with Gasteiger partial charge in [0.1, 0.15) is 18.0 Å². The zero-order valence-electron chi connectivity index (χ0n) is 13.6. The van der Waals surface area contributed by atoms with Crippen LogP contribution in [0.25, 0.3) is 0 Å². The van der Waals surface area contributed by atoms with Gasteiger partial charge < -0.3 is 9.80 Å². The smallest absolute Gasteiger partial charge is 0.134 e. The molecule has 1 aromatic carbocycles. The van der Waals surface area contributed by atoms with Crippen LogP contribution in [-0.2, 0) is 6.54 Å². The molecule has 1 aromatic heterocycles. The third-order valence-electron chi connectivity index (χ3n) is 4.14. The molecule has 0 bridgehead atoms. The molecule has 23 heavy (non-hydrogen) atoms.